The molecule has 0 radical (unpaired) electrons. The zero-order valence-electron chi connectivity index (χ0n) is 5.29. The summed E-state index contributed by atoms with van der Waals surface area (Å²) in [6, 6.07) is 7.49. The minimum atomic E-state index is 0. The molecule has 0 N–H and O–H groups in total. The van der Waals surface area contributed by atoms with E-state index < -0.39 is 0 Å². The average molecular weight is 251 g/mol. The quantitative estimate of drug-likeness (QED) is 0.661. The first-order valence-corrected chi connectivity index (χ1v) is 3.37. The van der Waals surface area contributed by atoms with E-state index in [9.17, 15) is 0 Å². The SMILES string of the molecule is Clc1ccc(Br)cc1.F.F.F. The minimum absolute atomic E-state index is 0. The second kappa shape index (κ2) is 7.88. The van der Waals surface area contributed by atoms with E-state index in [0.717, 1.165) is 9.50 Å². The predicted molar refractivity (Wildman–Crippen MR) is 46.7 cm³/mol. The van der Waals surface area contributed by atoms with Crippen molar-refractivity contribution in [3.8, 4) is 0 Å². The van der Waals surface area contributed by atoms with Crippen molar-refractivity contribution >= 4 is 27.5 Å². The van der Waals surface area contributed by atoms with Gasteiger partial charge in [0.25, 0.3) is 0 Å². The van der Waals surface area contributed by atoms with Crippen LogP contribution in [0.5, 0.6) is 0 Å². The van der Waals surface area contributed by atoms with Crippen molar-refractivity contribution in [2.75, 3.05) is 0 Å². The zero-order chi connectivity index (χ0) is 5.98. The number of benzene rings is 1. The summed E-state index contributed by atoms with van der Waals surface area (Å²) in [6.45, 7) is 0. The van der Waals surface area contributed by atoms with E-state index >= 15 is 0 Å². The normalized spacial score (nSPS) is 6.73. The van der Waals surface area contributed by atoms with E-state index in [1.165, 1.54) is 0 Å². The van der Waals surface area contributed by atoms with Gasteiger partial charge >= 0.3 is 0 Å². The third-order valence-corrected chi connectivity index (χ3v) is 1.58. The van der Waals surface area contributed by atoms with Crippen molar-refractivity contribution in [1.29, 1.82) is 0 Å². The third kappa shape index (κ3) is 6.19. The van der Waals surface area contributed by atoms with E-state index in [1.54, 1.807) is 0 Å². The fourth-order valence-corrected chi connectivity index (χ4v) is 0.820. The molecule has 0 bridgehead atoms. The summed E-state index contributed by atoms with van der Waals surface area (Å²) in [5.41, 5.74) is 0. The Morgan fingerprint density at radius 3 is 1.55 bits per heavy atom. The highest BCUT2D eigenvalue weighted by Gasteiger charge is 1.83. The van der Waals surface area contributed by atoms with Crippen LogP contribution in [-0.2, 0) is 0 Å². The van der Waals surface area contributed by atoms with Crippen LogP contribution in [0.1, 0.15) is 0 Å². The van der Waals surface area contributed by atoms with Crippen molar-refractivity contribution in [3.63, 3.8) is 0 Å². The van der Waals surface area contributed by atoms with Gasteiger partial charge in [-0.15, -0.1) is 0 Å². The first kappa shape index (κ1) is 17.0. The number of hydrogen-bond donors (Lipinski definition) is 0. The van der Waals surface area contributed by atoms with Crippen molar-refractivity contribution in [2.24, 2.45) is 0 Å². The maximum Gasteiger partial charge on any atom is 0.0406 e. The molecule has 0 atom stereocenters. The molecule has 1 aromatic rings. The summed E-state index contributed by atoms with van der Waals surface area (Å²) in [5, 5.41) is 0.771. The molecule has 0 amide bonds. The molecule has 0 heterocycles. The lowest BCUT2D eigenvalue weighted by atomic mass is 10.4. The summed E-state index contributed by atoms with van der Waals surface area (Å²) in [7, 11) is 0. The molecule has 0 saturated carbocycles. The lowest BCUT2D eigenvalue weighted by molar-refractivity contribution is 1.11. The molecule has 0 unspecified atom stereocenters. The largest absolute Gasteiger partial charge is 0.269 e. The van der Waals surface area contributed by atoms with Gasteiger partial charge in [-0.1, -0.05) is 27.5 Å². The van der Waals surface area contributed by atoms with Gasteiger partial charge in [0, 0.05) is 9.50 Å². The first-order chi connectivity index (χ1) is 3.79. The van der Waals surface area contributed by atoms with Crippen LogP contribution in [0.3, 0.4) is 0 Å². The Labute approximate surface area is 75.8 Å². The molecule has 5 heteroatoms. The Balaban J connectivity index is -0.000000213. The minimum Gasteiger partial charge on any atom is -0.269 e. The maximum absolute atomic E-state index is 5.59. The Morgan fingerprint density at radius 1 is 0.909 bits per heavy atom. The Bertz CT molecular complexity index is 157. The van der Waals surface area contributed by atoms with Crippen molar-refractivity contribution in [3.05, 3.63) is 33.8 Å². The highest BCUT2D eigenvalue weighted by atomic mass is 79.9. The van der Waals surface area contributed by atoms with Gasteiger partial charge in [0.15, 0.2) is 0 Å². The van der Waals surface area contributed by atoms with Crippen LogP contribution < -0.4 is 0 Å². The van der Waals surface area contributed by atoms with Crippen LogP contribution in [0.25, 0.3) is 0 Å². The van der Waals surface area contributed by atoms with Crippen molar-refractivity contribution < 1.29 is 14.1 Å². The molecule has 0 aliphatic carbocycles. The Morgan fingerprint density at radius 2 is 1.27 bits per heavy atom. The second-order valence-electron chi connectivity index (χ2n) is 1.44. The van der Waals surface area contributed by atoms with Gasteiger partial charge in [-0.2, -0.15) is 0 Å². The highest BCUT2D eigenvalue weighted by molar-refractivity contribution is 9.10. The van der Waals surface area contributed by atoms with Crippen LogP contribution in [0.2, 0.25) is 5.02 Å². The van der Waals surface area contributed by atoms with Gasteiger partial charge in [0.2, 0.25) is 0 Å². The van der Waals surface area contributed by atoms with Gasteiger partial charge in [0.05, 0.1) is 0 Å². The molecule has 11 heavy (non-hydrogen) atoms. The molecule has 0 nitrogen and oxygen atoms in total. The topological polar surface area (TPSA) is 0 Å². The summed E-state index contributed by atoms with van der Waals surface area (Å²) in [5.74, 6) is 0. The van der Waals surface area contributed by atoms with E-state index in [2.05, 4.69) is 15.9 Å². The fourth-order valence-electron chi connectivity index (χ4n) is 0.430. The van der Waals surface area contributed by atoms with E-state index in [-0.39, 0.29) is 14.1 Å². The maximum atomic E-state index is 5.59. The molecule has 0 spiro atoms. The Hall–Kier alpha value is -0.220. The smallest absolute Gasteiger partial charge is 0.0406 e. The number of halogens is 5. The summed E-state index contributed by atoms with van der Waals surface area (Å²) in [6.07, 6.45) is 0. The van der Waals surface area contributed by atoms with Crippen LogP contribution in [0.15, 0.2) is 28.7 Å². The van der Waals surface area contributed by atoms with Crippen LogP contribution in [0.4, 0.5) is 14.1 Å². The third-order valence-electron chi connectivity index (χ3n) is 0.804. The molecular weight excluding hydrogens is 244 g/mol. The molecule has 1 rings (SSSR count). The molecule has 0 aromatic heterocycles. The van der Waals surface area contributed by atoms with E-state index in [0.29, 0.717) is 0 Å². The van der Waals surface area contributed by atoms with Crippen LogP contribution in [0, 0.1) is 0 Å². The van der Waals surface area contributed by atoms with Gasteiger partial charge in [-0.25, -0.2) is 0 Å². The van der Waals surface area contributed by atoms with Crippen LogP contribution in [-0.4, -0.2) is 0 Å². The summed E-state index contributed by atoms with van der Waals surface area (Å²) < 4.78 is 1.06. The Kier molecular flexibility index (Phi) is 12.2. The average Bonchev–Trinajstić information content (AvgIpc) is 1.77. The molecule has 0 fully saturated rings. The molecular formula is C6H7BrClF3. The molecule has 0 aliphatic heterocycles. The number of rotatable bonds is 0. The predicted octanol–water partition coefficient (Wildman–Crippen LogP) is 3.56. The van der Waals surface area contributed by atoms with E-state index in [4.69, 9.17) is 11.6 Å². The van der Waals surface area contributed by atoms with Gasteiger partial charge < -0.3 is 0 Å². The van der Waals surface area contributed by atoms with Gasteiger partial charge in [-0.05, 0) is 24.3 Å². The lowest BCUT2D eigenvalue weighted by Gasteiger charge is -1.86. The van der Waals surface area contributed by atoms with Crippen molar-refractivity contribution in [2.45, 2.75) is 0 Å². The zero-order valence-corrected chi connectivity index (χ0v) is 7.63. The summed E-state index contributed by atoms with van der Waals surface area (Å²) >= 11 is 8.88. The number of hydrogen-bond acceptors (Lipinski definition) is 0. The highest BCUT2D eigenvalue weighted by Crippen LogP contribution is 2.13. The van der Waals surface area contributed by atoms with Gasteiger partial charge in [0.1, 0.15) is 0 Å². The molecule has 66 valence electrons. The molecule has 0 aliphatic rings. The standard InChI is InChI=1S/C6H4BrCl.3FH/c7-5-1-3-6(8)4-2-5;;;/h1-4H;3*1H. The monoisotopic (exact) mass is 250 g/mol. The summed E-state index contributed by atoms with van der Waals surface area (Å²) in [4.78, 5) is 0. The second-order valence-corrected chi connectivity index (χ2v) is 2.79. The van der Waals surface area contributed by atoms with Crippen LogP contribution >= 0.6 is 27.5 Å². The molecule has 1 aromatic carbocycles. The first-order valence-electron chi connectivity index (χ1n) is 2.20. The van der Waals surface area contributed by atoms with Crippen molar-refractivity contribution in [1.82, 2.24) is 0 Å². The van der Waals surface area contributed by atoms with Gasteiger partial charge in [-0.3, -0.25) is 14.1 Å². The fraction of sp³-hybridized carbons (Fsp3) is 0. The molecule has 0 saturated heterocycles. The lowest BCUT2D eigenvalue weighted by Crippen LogP contribution is -1.61. The van der Waals surface area contributed by atoms with E-state index in [1.807, 2.05) is 24.3 Å².